The third kappa shape index (κ3) is 2.86. The van der Waals surface area contributed by atoms with Crippen LogP contribution < -0.4 is 4.74 Å². The maximum Gasteiger partial charge on any atom is 0.118 e. The van der Waals surface area contributed by atoms with Gasteiger partial charge in [-0.1, -0.05) is 36.4 Å². The molecule has 0 spiro atoms. The molecule has 1 aromatic heterocycles. The number of rotatable bonds is 3. The van der Waals surface area contributed by atoms with Crippen molar-refractivity contribution in [3.8, 4) is 5.75 Å². The molecule has 2 heteroatoms. The van der Waals surface area contributed by atoms with Crippen LogP contribution in [0, 0.1) is 13.8 Å². The van der Waals surface area contributed by atoms with Crippen molar-refractivity contribution in [2.45, 2.75) is 13.8 Å². The highest BCUT2D eigenvalue weighted by Gasteiger charge is 2.04. The minimum atomic E-state index is 0.887. The molecule has 3 rings (SSSR count). The van der Waals surface area contributed by atoms with E-state index < -0.39 is 0 Å². The van der Waals surface area contributed by atoms with Crippen LogP contribution in [0.5, 0.6) is 5.75 Å². The van der Waals surface area contributed by atoms with Crippen molar-refractivity contribution in [2.24, 2.45) is 0 Å². The molecule has 0 saturated carbocycles. The van der Waals surface area contributed by atoms with Crippen LogP contribution in [-0.4, -0.2) is 7.11 Å². The Bertz CT molecular complexity index is 794. The number of hydrogen-bond acceptors (Lipinski definition) is 2. The van der Waals surface area contributed by atoms with Gasteiger partial charge >= 0.3 is 0 Å². The Morgan fingerprint density at radius 1 is 0.905 bits per heavy atom. The summed E-state index contributed by atoms with van der Waals surface area (Å²) in [6.07, 6.45) is 4.29. The topological polar surface area (TPSA) is 9.23 Å². The fourth-order valence-corrected chi connectivity index (χ4v) is 3.49. The molecule has 1 heterocycles. The summed E-state index contributed by atoms with van der Waals surface area (Å²) in [7, 11) is 1.69. The van der Waals surface area contributed by atoms with Crippen molar-refractivity contribution in [2.75, 3.05) is 7.11 Å². The summed E-state index contributed by atoms with van der Waals surface area (Å²) in [6, 6.07) is 14.8. The molecule has 0 atom stereocenters. The average molecular weight is 294 g/mol. The second-order valence-corrected chi connectivity index (χ2v) is 6.40. The van der Waals surface area contributed by atoms with Gasteiger partial charge in [0, 0.05) is 9.58 Å². The van der Waals surface area contributed by atoms with Crippen LogP contribution in [0.1, 0.15) is 21.6 Å². The lowest BCUT2D eigenvalue weighted by Crippen LogP contribution is -1.81. The standard InChI is InChI=1S/C19H18OS/c1-13-14(2)21-19-12-16(8-11-18(13)19)5-4-15-6-9-17(20-3)10-7-15/h4-12H,1-3H3. The first kappa shape index (κ1) is 13.9. The van der Waals surface area contributed by atoms with Gasteiger partial charge in [0.05, 0.1) is 7.11 Å². The van der Waals surface area contributed by atoms with Crippen LogP contribution in [0.25, 0.3) is 22.2 Å². The van der Waals surface area contributed by atoms with Gasteiger partial charge in [-0.2, -0.15) is 0 Å². The molecule has 2 aromatic carbocycles. The Balaban J connectivity index is 1.88. The van der Waals surface area contributed by atoms with E-state index in [-0.39, 0.29) is 0 Å². The van der Waals surface area contributed by atoms with Crippen LogP contribution in [0.15, 0.2) is 42.5 Å². The molecule has 21 heavy (non-hydrogen) atoms. The Morgan fingerprint density at radius 3 is 2.29 bits per heavy atom. The van der Waals surface area contributed by atoms with Gasteiger partial charge in [-0.3, -0.25) is 0 Å². The van der Waals surface area contributed by atoms with Gasteiger partial charge in [0.25, 0.3) is 0 Å². The predicted octanol–water partition coefficient (Wildman–Crippen LogP) is 5.70. The molecule has 0 radical (unpaired) electrons. The van der Waals surface area contributed by atoms with Gasteiger partial charge in [0.2, 0.25) is 0 Å². The van der Waals surface area contributed by atoms with E-state index in [2.05, 4.69) is 56.3 Å². The lowest BCUT2D eigenvalue weighted by molar-refractivity contribution is 0.415. The molecule has 0 amide bonds. The summed E-state index contributed by atoms with van der Waals surface area (Å²) in [5, 5.41) is 1.37. The number of fused-ring (bicyclic) bond motifs is 1. The lowest BCUT2D eigenvalue weighted by atomic mass is 10.1. The number of benzene rings is 2. The summed E-state index contributed by atoms with van der Waals surface area (Å²) in [5.41, 5.74) is 3.81. The fraction of sp³-hybridized carbons (Fsp3) is 0.158. The summed E-state index contributed by atoms with van der Waals surface area (Å²) >= 11 is 1.87. The largest absolute Gasteiger partial charge is 0.497 e. The van der Waals surface area contributed by atoms with E-state index in [0.717, 1.165) is 5.75 Å². The number of methoxy groups -OCH3 is 1. The van der Waals surface area contributed by atoms with E-state index in [1.807, 2.05) is 23.5 Å². The third-order valence-corrected chi connectivity index (χ3v) is 4.95. The second-order valence-electron chi connectivity index (χ2n) is 5.15. The zero-order chi connectivity index (χ0) is 14.8. The average Bonchev–Trinajstić information content (AvgIpc) is 2.80. The maximum atomic E-state index is 5.17. The first-order chi connectivity index (χ1) is 10.2. The van der Waals surface area contributed by atoms with Crippen LogP contribution >= 0.6 is 11.3 Å². The Morgan fingerprint density at radius 2 is 1.57 bits per heavy atom. The van der Waals surface area contributed by atoms with Crippen LogP contribution in [0.3, 0.4) is 0 Å². The van der Waals surface area contributed by atoms with Crippen molar-refractivity contribution in [1.29, 1.82) is 0 Å². The molecule has 0 aliphatic carbocycles. The molecule has 0 bridgehead atoms. The summed E-state index contributed by atoms with van der Waals surface area (Å²) in [6.45, 7) is 4.38. The molecule has 0 fully saturated rings. The SMILES string of the molecule is COc1ccc(C=Cc2ccc3c(C)c(C)sc3c2)cc1. The zero-order valence-electron chi connectivity index (χ0n) is 12.5. The Kier molecular flexibility index (Phi) is 3.80. The smallest absolute Gasteiger partial charge is 0.118 e. The normalized spacial score (nSPS) is 11.4. The highest BCUT2D eigenvalue weighted by atomic mass is 32.1. The molecule has 106 valence electrons. The minimum Gasteiger partial charge on any atom is -0.497 e. The van der Waals surface area contributed by atoms with Crippen LogP contribution in [0.2, 0.25) is 0 Å². The van der Waals surface area contributed by atoms with Crippen molar-refractivity contribution in [1.82, 2.24) is 0 Å². The van der Waals surface area contributed by atoms with Gasteiger partial charge in [-0.25, -0.2) is 0 Å². The molecular weight excluding hydrogens is 276 g/mol. The molecule has 0 saturated heterocycles. The molecule has 0 aliphatic rings. The third-order valence-electron chi connectivity index (χ3n) is 3.78. The summed E-state index contributed by atoms with van der Waals surface area (Å²) < 4.78 is 6.53. The van der Waals surface area contributed by atoms with Gasteiger partial charge in [-0.05, 0) is 54.1 Å². The van der Waals surface area contributed by atoms with E-state index in [1.165, 1.54) is 31.7 Å². The van der Waals surface area contributed by atoms with Crippen molar-refractivity contribution in [3.05, 3.63) is 64.0 Å². The molecular formula is C19H18OS. The fourth-order valence-electron chi connectivity index (χ4n) is 2.38. The number of hydrogen-bond donors (Lipinski definition) is 0. The van der Waals surface area contributed by atoms with E-state index in [4.69, 9.17) is 4.74 Å². The summed E-state index contributed by atoms with van der Waals surface area (Å²) in [4.78, 5) is 1.40. The van der Waals surface area contributed by atoms with E-state index >= 15 is 0 Å². The Hall–Kier alpha value is -2.06. The second kappa shape index (κ2) is 5.74. The van der Waals surface area contributed by atoms with Crippen LogP contribution in [0.4, 0.5) is 0 Å². The quantitative estimate of drug-likeness (QED) is 0.563. The number of aryl methyl sites for hydroxylation is 2. The maximum absolute atomic E-state index is 5.17. The molecule has 0 unspecified atom stereocenters. The van der Waals surface area contributed by atoms with Crippen molar-refractivity contribution < 1.29 is 4.74 Å². The van der Waals surface area contributed by atoms with Crippen molar-refractivity contribution in [3.63, 3.8) is 0 Å². The number of ether oxygens (including phenoxy) is 1. The van der Waals surface area contributed by atoms with E-state index in [1.54, 1.807) is 7.11 Å². The molecule has 1 nitrogen and oxygen atoms in total. The monoisotopic (exact) mass is 294 g/mol. The number of thiophene rings is 1. The van der Waals surface area contributed by atoms with Crippen LogP contribution in [-0.2, 0) is 0 Å². The predicted molar refractivity (Wildman–Crippen MR) is 93.2 cm³/mol. The van der Waals surface area contributed by atoms with E-state index in [0.29, 0.717) is 0 Å². The molecule has 3 aromatic rings. The molecule has 0 aliphatic heterocycles. The van der Waals surface area contributed by atoms with Gasteiger partial charge in [-0.15, -0.1) is 11.3 Å². The lowest BCUT2D eigenvalue weighted by Gasteiger charge is -1.99. The van der Waals surface area contributed by atoms with Gasteiger partial charge in [0.1, 0.15) is 5.75 Å². The Labute approximate surface area is 129 Å². The summed E-state index contributed by atoms with van der Waals surface area (Å²) in [5.74, 6) is 0.887. The molecule has 0 N–H and O–H groups in total. The first-order valence-electron chi connectivity index (χ1n) is 6.99. The highest BCUT2D eigenvalue weighted by Crippen LogP contribution is 2.31. The van der Waals surface area contributed by atoms with Crippen molar-refractivity contribution >= 4 is 33.6 Å². The van der Waals surface area contributed by atoms with Gasteiger partial charge < -0.3 is 4.74 Å². The van der Waals surface area contributed by atoms with E-state index in [9.17, 15) is 0 Å². The first-order valence-corrected chi connectivity index (χ1v) is 7.81. The highest BCUT2D eigenvalue weighted by molar-refractivity contribution is 7.19. The minimum absolute atomic E-state index is 0.887. The zero-order valence-corrected chi connectivity index (χ0v) is 13.3. The van der Waals surface area contributed by atoms with Gasteiger partial charge in [0.15, 0.2) is 0 Å².